The van der Waals surface area contributed by atoms with Crippen LogP contribution < -0.4 is 20.1 Å². The van der Waals surface area contributed by atoms with E-state index in [0.29, 0.717) is 19.6 Å². The van der Waals surface area contributed by atoms with E-state index in [-0.39, 0.29) is 42.1 Å². The summed E-state index contributed by atoms with van der Waals surface area (Å²) in [6, 6.07) is 5.92. The van der Waals surface area contributed by atoms with Gasteiger partial charge in [-0.1, -0.05) is 26.8 Å². The van der Waals surface area contributed by atoms with E-state index in [9.17, 15) is 4.79 Å². The van der Waals surface area contributed by atoms with Crippen LogP contribution in [0.5, 0.6) is 11.5 Å². The molecule has 26 heavy (non-hydrogen) atoms. The van der Waals surface area contributed by atoms with E-state index in [2.05, 4.69) is 15.6 Å². The van der Waals surface area contributed by atoms with Gasteiger partial charge in [-0.15, -0.1) is 24.0 Å². The van der Waals surface area contributed by atoms with Crippen molar-refractivity contribution < 1.29 is 14.3 Å². The lowest BCUT2D eigenvalue weighted by atomic mass is 9.96. The number of nitrogens with zero attached hydrogens (tertiary/aromatic N) is 2. The van der Waals surface area contributed by atoms with Crippen LogP contribution in [0.3, 0.4) is 0 Å². The number of halogens is 1. The molecule has 0 aliphatic carbocycles. The highest BCUT2D eigenvalue weighted by Crippen LogP contribution is 2.32. The molecular weight excluding hydrogens is 447 g/mol. The van der Waals surface area contributed by atoms with Gasteiger partial charge < -0.3 is 25.0 Å². The van der Waals surface area contributed by atoms with Gasteiger partial charge in [0.05, 0.1) is 0 Å². The summed E-state index contributed by atoms with van der Waals surface area (Å²) >= 11 is 0. The van der Waals surface area contributed by atoms with Gasteiger partial charge in [0, 0.05) is 39.1 Å². The molecule has 0 fully saturated rings. The number of guanidine groups is 1. The van der Waals surface area contributed by atoms with Crippen molar-refractivity contribution in [1.82, 2.24) is 15.5 Å². The van der Waals surface area contributed by atoms with Crippen molar-refractivity contribution in [2.24, 2.45) is 10.4 Å². The second kappa shape index (κ2) is 9.84. The second-order valence-electron chi connectivity index (χ2n) is 7.02. The summed E-state index contributed by atoms with van der Waals surface area (Å²) in [5.41, 5.74) is 0.730. The normalized spacial score (nSPS) is 13.0. The Bertz CT molecular complexity index is 644. The molecule has 8 heteroatoms. The summed E-state index contributed by atoms with van der Waals surface area (Å²) in [6.45, 7) is 7.81. The molecule has 1 aliphatic heterocycles. The molecule has 1 amide bonds. The third-order valence-electron chi connectivity index (χ3n) is 3.80. The summed E-state index contributed by atoms with van der Waals surface area (Å²) in [7, 11) is 3.71. The molecule has 2 rings (SSSR count). The molecule has 0 saturated carbocycles. The number of aliphatic imine (C=N–C) groups is 1. The largest absolute Gasteiger partial charge is 0.454 e. The monoisotopic (exact) mass is 476 g/mol. The third-order valence-corrected chi connectivity index (χ3v) is 3.80. The summed E-state index contributed by atoms with van der Waals surface area (Å²) in [4.78, 5) is 18.1. The Morgan fingerprint density at radius 2 is 1.85 bits per heavy atom. The number of ether oxygens (including phenoxy) is 2. The standard InChI is InChI=1S/C18H28N4O3.HI/c1-18(2,3)16(23)20-8-9-21-17(19-4)22(5)11-13-6-7-14-15(10-13)25-12-24-14;/h6-7,10H,8-9,11-12H2,1-5H3,(H,19,21)(H,20,23);1H. The van der Waals surface area contributed by atoms with Crippen molar-refractivity contribution in [2.75, 3.05) is 34.0 Å². The van der Waals surface area contributed by atoms with Crippen LogP contribution in [0.1, 0.15) is 26.3 Å². The van der Waals surface area contributed by atoms with Gasteiger partial charge in [-0.2, -0.15) is 0 Å². The van der Waals surface area contributed by atoms with Crippen molar-refractivity contribution in [3.8, 4) is 11.5 Å². The molecular formula is C18H29IN4O3. The first-order valence-electron chi connectivity index (χ1n) is 8.40. The molecule has 7 nitrogen and oxygen atoms in total. The number of fused-ring (bicyclic) bond motifs is 1. The molecule has 0 aromatic heterocycles. The van der Waals surface area contributed by atoms with E-state index in [1.54, 1.807) is 7.05 Å². The molecule has 1 heterocycles. The highest BCUT2D eigenvalue weighted by molar-refractivity contribution is 14.0. The van der Waals surface area contributed by atoms with Crippen molar-refractivity contribution >= 4 is 35.8 Å². The molecule has 0 spiro atoms. The maximum atomic E-state index is 11.8. The van der Waals surface area contributed by atoms with Crippen LogP contribution in [0.25, 0.3) is 0 Å². The predicted octanol–water partition coefficient (Wildman–Crippen LogP) is 2.20. The van der Waals surface area contributed by atoms with Crippen LogP contribution in [0.4, 0.5) is 0 Å². The molecule has 0 unspecified atom stereocenters. The van der Waals surface area contributed by atoms with Crippen molar-refractivity contribution in [2.45, 2.75) is 27.3 Å². The number of amides is 1. The van der Waals surface area contributed by atoms with E-state index in [4.69, 9.17) is 9.47 Å². The number of hydrogen-bond acceptors (Lipinski definition) is 4. The maximum absolute atomic E-state index is 11.8. The Balaban J connectivity index is 0.00000338. The van der Waals surface area contributed by atoms with Gasteiger partial charge in [0.1, 0.15) is 0 Å². The number of carbonyl (C=O) groups is 1. The summed E-state index contributed by atoms with van der Waals surface area (Å²) < 4.78 is 10.7. The number of nitrogens with one attached hydrogen (secondary N) is 2. The maximum Gasteiger partial charge on any atom is 0.231 e. The lowest BCUT2D eigenvalue weighted by Gasteiger charge is -2.23. The van der Waals surface area contributed by atoms with Crippen molar-refractivity contribution in [1.29, 1.82) is 0 Å². The van der Waals surface area contributed by atoms with E-state index in [1.165, 1.54) is 0 Å². The lowest BCUT2D eigenvalue weighted by Crippen LogP contribution is -2.43. The minimum atomic E-state index is -0.377. The summed E-state index contributed by atoms with van der Waals surface area (Å²) in [6.07, 6.45) is 0. The summed E-state index contributed by atoms with van der Waals surface area (Å²) in [5, 5.41) is 6.17. The molecule has 0 radical (unpaired) electrons. The fraction of sp³-hybridized carbons (Fsp3) is 0.556. The molecule has 0 atom stereocenters. The molecule has 2 N–H and O–H groups in total. The smallest absolute Gasteiger partial charge is 0.231 e. The fourth-order valence-electron chi connectivity index (χ4n) is 2.39. The zero-order valence-electron chi connectivity index (χ0n) is 16.1. The quantitative estimate of drug-likeness (QED) is 0.295. The van der Waals surface area contributed by atoms with Gasteiger partial charge in [-0.05, 0) is 17.7 Å². The lowest BCUT2D eigenvalue weighted by molar-refractivity contribution is -0.128. The predicted molar refractivity (Wildman–Crippen MR) is 113 cm³/mol. The minimum Gasteiger partial charge on any atom is -0.454 e. The van der Waals surface area contributed by atoms with Gasteiger partial charge in [0.15, 0.2) is 17.5 Å². The van der Waals surface area contributed by atoms with E-state index in [1.807, 2.05) is 50.9 Å². The number of hydrogen-bond donors (Lipinski definition) is 2. The van der Waals surface area contributed by atoms with E-state index < -0.39 is 0 Å². The van der Waals surface area contributed by atoms with Gasteiger partial charge in [0.25, 0.3) is 0 Å². The number of carbonyl (C=O) groups excluding carboxylic acids is 1. The molecule has 1 aromatic rings. The highest BCUT2D eigenvalue weighted by atomic mass is 127. The van der Waals surface area contributed by atoms with E-state index in [0.717, 1.165) is 23.0 Å². The number of benzene rings is 1. The molecule has 1 aliphatic rings. The van der Waals surface area contributed by atoms with Crippen molar-refractivity contribution in [3.63, 3.8) is 0 Å². The molecule has 0 saturated heterocycles. The van der Waals surface area contributed by atoms with Crippen LogP contribution in [-0.2, 0) is 11.3 Å². The van der Waals surface area contributed by atoms with Gasteiger partial charge >= 0.3 is 0 Å². The Kier molecular flexibility index (Phi) is 8.45. The van der Waals surface area contributed by atoms with Crippen LogP contribution in [0, 0.1) is 5.41 Å². The van der Waals surface area contributed by atoms with Crippen LogP contribution >= 0.6 is 24.0 Å². The second-order valence-corrected chi connectivity index (χ2v) is 7.02. The van der Waals surface area contributed by atoms with Gasteiger partial charge in [0.2, 0.25) is 12.7 Å². The van der Waals surface area contributed by atoms with E-state index >= 15 is 0 Å². The summed E-state index contributed by atoms with van der Waals surface area (Å²) in [5.74, 6) is 2.36. The van der Waals surface area contributed by atoms with Crippen LogP contribution in [-0.4, -0.2) is 50.7 Å². The highest BCUT2D eigenvalue weighted by Gasteiger charge is 2.20. The topological polar surface area (TPSA) is 75.2 Å². The Morgan fingerprint density at radius 3 is 2.50 bits per heavy atom. The molecule has 1 aromatic carbocycles. The van der Waals surface area contributed by atoms with Crippen LogP contribution in [0.15, 0.2) is 23.2 Å². The van der Waals surface area contributed by atoms with Crippen LogP contribution in [0.2, 0.25) is 0 Å². The SMILES string of the molecule is CN=C(NCCNC(=O)C(C)(C)C)N(C)Cc1ccc2c(c1)OCO2.I. The van der Waals surface area contributed by atoms with Gasteiger partial charge in [-0.3, -0.25) is 9.79 Å². The zero-order valence-corrected chi connectivity index (χ0v) is 18.4. The third kappa shape index (κ3) is 6.22. The Morgan fingerprint density at radius 1 is 1.19 bits per heavy atom. The molecule has 146 valence electrons. The molecule has 0 bridgehead atoms. The first-order chi connectivity index (χ1) is 11.8. The minimum absolute atomic E-state index is 0. The Labute approximate surface area is 172 Å². The first kappa shape index (κ1) is 22.3. The average Bonchev–Trinajstić information content (AvgIpc) is 3.01. The van der Waals surface area contributed by atoms with Crippen molar-refractivity contribution in [3.05, 3.63) is 23.8 Å². The van der Waals surface area contributed by atoms with Gasteiger partial charge in [-0.25, -0.2) is 0 Å². The fourth-order valence-corrected chi connectivity index (χ4v) is 2.39. The average molecular weight is 476 g/mol. The first-order valence-corrected chi connectivity index (χ1v) is 8.40. The zero-order chi connectivity index (χ0) is 18.4. The number of rotatable bonds is 5. The Hall–Kier alpha value is -1.71.